The van der Waals surface area contributed by atoms with Gasteiger partial charge in [0.1, 0.15) is 6.54 Å². The van der Waals surface area contributed by atoms with Crippen molar-refractivity contribution in [1.82, 2.24) is 5.32 Å². The summed E-state index contributed by atoms with van der Waals surface area (Å²) >= 11 is 1.53. The van der Waals surface area contributed by atoms with Crippen molar-refractivity contribution < 1.29 is 9.59 Å². The smallest absolute Gasteiger partial charge is 0.240 e. The molecule has 0 saturated heterocycles. The van der Waals surface area contributed by atoms with Crippen molar-refractivity contribution in [2.75, 3.05) is 23.7 Å². The van der Waals surface area contributed by atoms with Crippen LogP contribution in [0.4, 0.5) is 5.69 Å². The number of anilines is 1. The van der Waals surface area contributed by atoms with Crippen LogP contribution < -0.4 is 10.2 Å². The summed E-state index contributed by atoms with van der Waals surface area (Å²) in [7, 11) is 0. The number of thioether (sulfide) groups is 1. The number of rotatable bonds is 4. The molecular weight excluding hydrogens is 344 g/mol. The van der Waals surface area contributed by atoms with Gasteiger partial charge in [0.2, 0.25) is 11.8 Å². The van der Waals surface area contributed by atoms with Crippen LogP contribution in [0.2, 0.25) is 0 Å². The van der Waals surface area contributed by atoms with E-state index < -0.39 is 0 Å². The fourth-order valence-electron chi connectivity index (χ4n) is 3.83. The van der Waals surface area contributed by atoms with Crippen LogP contribution in [0, 0.1) is 0 Å². The average Bonchev–Trinajstić information content (AvgIpc) is 2.68. The third kappa shape index (κ3) is 3.49. The summed E-state index contributed by atoms with van der Waals surface area (Å²) in [5.74, 6) is 0.652. The van der Waals surface area contributed by atoms with Gasteiger partial charge in [0.25, 0.3) is 0 Å². The molecule has 1 aliphatic carbocycles. The van der Waals surface area contributed by atoms with Crippen molar-refractivity contribution in [3.05, 3.63) is 59.7 Å². The molecule has 4 nitrogen and oxygen atoms in total. The molecule has 0 radical (unpaired) electrons. The predicted octanol–water partition coefficient (Wildman–Crippen LogP) is 3.36. The number of hydrogen-bond donors (Lipinski definition) is 1. The Morgan fingerprint density at radius 2 is 1.96 bits per heavy atom. The van der Waals surface area contributed by atoms with Crippen molar-refractivity contribution in [3.63, 3.8) is 0 Å². The van der Waals surface area contributed by atoms with E-state index in [2.05, 4.69) is 29.6 Å². The average molecular weight is 366 g/mol. The van der Waals surface area contributed by atoms with Crippen LogP contribution in [0.25, 0.3) is 0 Å². The van der Waals surface area contributed by atoms with Gasteiger partial charge >= 0.3 is 0 Å². The zero-order chi connectivity index (χ0) is 17.9. The van der Waals surface area contributed by atoms with E-state index in [1.54, 1.807) is 4.90 Å². The topological polar surface area (TPSA) is 49.4 Å². The van der Waals surface area contributed by atoms with Gasteiger partial charge in [0, 0.05) is 17.4 Å². The van der Waals surface area contributed by atoms with Gasteiger partial charge in [-0.25, -0.2) is 0 Å². The van der Waals surface area contributed by atoms with E-state index in [0.29, 0.717) is 18.2 Å². The monoisotopic (exact) mass is 366 g/mol. The first-order valence-corrected chi connectivity index (χ1v) is 10.1. The normalized spacial score (nSPS) is 18.8. The highest BCUT2D eigenvalue weighted by Crippen LogP contribution is 2.35. The molecule has 1 heterocycles. The van der Waals surface area contributed by atoms with Crippen LogP contribution in [0.3, 0.4) is 0 Å². The first-order chi connectivity index (χ1) is 12.7. The van der Waals surface area contributed by atoms with E-state index in [4.69, 9.17) is 0 Å². The van der Waals surface area contributed by atoms with E-state index in [1.807, 2.05) is 24.3 Å². The van der Waals surface area contributed by atoms with Gasteiger partial charge < -0.3 is 10.2 Å². The van der Waals surface area contributed by atoms with Crippen LogP contribution in [0.5, 0.6) is 0 Å². The Morgan fingerprint density at radius 3 is 2.88 bits per heavy atom. The lowest BCUT2D eigenvalue weighted by Gasteiger charge is -2.29. The molecule has 2 aromatic carbocycles. The zero-order valence-electron chi connectivity index (χ0n) is 14.6. The summed E-state index contributed by atoms with van der Waals surface area (Å²) in [6.45, 7) is 0.721. The zero-order valence-corrected chi connectivity index (χ0v) is 15.4. The van der Waals surface area contributed by atoms with Crippen molar-refractivity contribution in [3.8, 4) is 0 Å². The summed E-state index contributed by atoms with van der Waals surface area (Å²) in [5, 5.41) is 3.05. The van der Waals surface area contributed by atoms with E-state index >= 15 is 0 Å². The van der Waals surface area contributed by atoms with Gasteiger partial charge in [-0.3, -0.25) is 9.59 Å². The van der Waals surface area contributed by atoms with Gasteiger partial charge in [-0.05, 0) is 42.5 Å². The molecular formula is C21H22N2O2S. The Kier molecular flexibility index (Phi) is 4.98. The fraction of sp³-hybridized carbons (Fsp3) is 0.333. The van der Waals surface area contributed by atoms with Crippen molar-refractivity contribution in [1.29, 1.82) is 0 Å². The molecule has 0 bridgehead atoms. The maximum atomic E-state index is 12.5. The lowest BCUT2D eigenvalue weighted by molar-refractivity contribution is -0.123. The van der Waals surface area contributed by atoms with Crippen molar-refractivity contribution in [2.45, 2.75) is 30.1 Å². The molecule has 1 aliphatic heterocycles. The number of amides is 2. The maximum absolute atomic E-state index is 12.5. The molecule has 0 aromatic heterocycles. The fourth-order valence-corrected chi connectivity index (χ4v) is 4.77. The van der Waals surface area contributed by atoms with Crippen LogP contribution in [-0.2, 0) is 16.0 Å². The molecule has 2 aromatic rings. The molecule has 1 atom stereocenters. The molecule has 134 valence electrons. The standard InChI is InChI=1S/C21H22N2O2S/c24-20(13-23-18-10-3-4-11-19(18)26-14-21(23)25)22-12-16-8-5-7-15-6-1-2-9-17(15)16/h1-4,6,9-11,16H,5,7-8,12-14H2,(H,22,24). The van der Waals surface area contributed by atoms with Gasteiger partial charge in [0.15, 0.2) is 0 Å². The first kappa shape index (κ1) is 17.2. The molecule has 2 amide bonds. The molecule has 1 unspecified atom stereocenters. The van der Waals surface area contributed by atoms with Gasteiger partial charge in [0.05, 0.1) is 11.4 Å². The largest absolute Gasteiger partial charge is 0.354 e. The van der Waals surface area contributed by atoms with E-state index in [1.165, 1.54) is 22.9 Å². The second-order valence-electron chi connectivity index (χ2n) is 6.83. The molecule has 4 rings (SSSR count). The minimum absolute atomic E-state index is 0.00754. The number of carbonyl (C=O) groups excluding carboxylic acids is 2. The minimum Gasteiger partial charge on any atom is -0.354 e. The third-order valence-corrected chi connectivity index (χ3v) is 6.20. The molecule has 1 N–H and O–H groups in total. The molecule has 0 saturated carbocycles. The second-order valence-corrected chi connectivity index (χ2v) is 7.85. The SMILES string of the molecule is O=C(CN1C(=O)CSc2ccccc21)NCC1CCCc2ccccc21. The second kappa shape index (κ2) is 7.54. The van der Waals surface area contributed by atoms with Crippen molar-refractivity contribution >= 4 is 29.3 Å². The highest BCUT2D eigenvalue weighted by molar-refractivity contribution is 8.00. The van der Waals surface area contributed by atoms with Crippen LogP contribution in [0.15, 0.2) is 53.4 Å². The quantitative estimate of drug-likeness (QED) is 0.903. The Balaban J connectivity index is 1.40. The molecule has 26 heavy (non-hydrogen) atoms. The number of para-hydroxylation sites is 1. The van der Waals surface area contributed by atoms with Gasteiger partial charge in [-0.15, -0.1) is 11.8 Å². The third-order valence-electron chi connectivity index (χ3n) is 5.15. The van der Waals surface area contributed by atoms with Crippen LogP contribution in [-0.4, -0.2) is 30.7 Å². The number of hydrogen-bond acceptors (Lipinski definition) is 3. The lowest BCUT2D eigenvalue weighted by atomic mass is 9.83. The van der Waals surface area contributed by atoms with Crippen LogP contribution >= 0.6 is 11.8 Å². The van der Waals surface area contributed by atoms with E-state index in [0.717, 1.165) is 29.8 Å². The van der Waals surface area contributed by atoms with E-state index in [9.17, 15) is 9.59 Å². The summed E-state index contributed by atoms with van der Waals surface area (Å²) < 4.78 is 0. The number of aryl methyl sites for hydroxylation is 1. The first-order valence-electron chi connectivity index (χ1n) is 9.09. The maximum Gasteiger partial charge on any atom is 0.240 e. The highest BCUT2D eigenvalue weighted by atomic mass is 32.2. The van der Waals surface area contributed by atoms with E-state index in [-0.39, 0.29) is 18.4 Å². The summed E-state index contributed by atoms with van der Waals surface area (Å²) in [6, 6.07) is 16.3. The Hall–Kier alpha value is -2.27. The number of fused-ring (bicyclic) bond motifs is 2. The number of benzene rings is 2. The molecule has 5 heteroatoms. The lowest BCUT2D eigenvalue weighted by Crippen LogP contribution is -2.44. The van der Waals surface area contributed by atoms with Crippen molar-refractivity contribution in [2.24, 2.45) is 0 Å². The minimum atomic E-state index is -0.0943. The highest BCUT2D eigenvalue weighted by Gasteiger charge is 2.27. The summed E-state index contributed by atoms with van der Waals surface area (Å²) in [4.78, 5) is 27.5. The summed E-state index contributed by atoms with van der Waals surface area (Å²) in [6.07, 6.45) is 3.38. The summed E-state index contributed by atoms with van der Waals surface area (Å²) in [5.41, 5.74) is 3.59. The predicted molar refractivity (Wildman–Crippen MR) is 105 cm³/mol. The number of nitrogens with one attached hydrogen (secondary N) is 1. The Bertz CT molecular complexity index is 836. The molecule has 2 aliphatic rings. The molecule has 0 spiro atoms. The number of carbonyl (C=O) groups is 2. The van der Waals surface area contributed by atoms with Gasteiger partial charge in [-0.1, -0.05) is 36.4 Å². The Labute approximate surface area is 158 Å². The number of nitrogens with zero attached hydrogens (tertiary/aromatic N) is 1. The van der Waals surface area contributed by atoms with Gasteiger partial charge in [-0.2, -0.15) is 0 Å². The Morgan fingerprint density at radius 1 is 1.15 bits per heavy atom. The van der Waals surface area contributed by atoms with Crippen LogP contribution in [0.1, 0.15) is 29.9 Å². The molecule has 0 fully saturated rings.